The number of hydrogen-bond acceptors (Lipinski definition) is 2. The van der Waals surface area contributed by atoms with Crippen LogP contribution in [0.3, 0.4) is 0 Å². The third-order valence-corrected chi connectivity index (χ3v) is 3.64. The Balaban J connectivity index is 4.35. The normalized spacial score (nSPS) is 16.4. The maximum absolute atomic E-state index is 11.8. The fraction of sp³-hybridized carbons (Fsp3) is 0.875. The van der Waals surface area contributed by atoms with E-state index >= 15 is 0 Å². The summed E-state index contributed by atoms with van der Waals surface area (Å²) in [5.41, 5.74) is 0. The average molecular weight is 246 g/mol. The van der Waals surface area contributed by atoms with E-state index < -0.39 is 46.3 Å². The highest BCUT2D eigenvalue weighted by Gasteiger charge is 2.33. The van der Waals surface area contributed by atoms with Gasteiger partial charge in [-0.05, 0) is 5.92 Å². The Hall–Kier alpha value is -0.590. The third kappa shape index (κ3) is 5.76. The number of alkyl halides is 3. The highest BCUT2D eigenvalue weighted by Crippen LogP contribution is 2.21. The topological polar surface area (TPSA) is 54.4 Å². The van der Waals surface area contributed by atoms with Gasteiger partial charge in [0, 0.05) is 16.6 Å². The predicted octanol–water partition coefficient (Wildman–Crippen LogP) is 1.80. The molecule has 0 spiro atoms. The van der Waals surface area contributed by atoms with Crippen LogP contribution in [0.1, 0.15) is 20.3 Å². The van der Waals surface area contributed by atoms with Crippen LogP contribution in [0.2, 0.25) is 0 Å². The molecule has 0 saturated heterocycles. The van der Waals surface area contributed by atoms with E-state index in [9.17, 15) is 22.2 Å². The molecule has 0 aromatic carbocycles. The Kier molecular flexibility index (Phi) is 5.27. The van der Waals surface area contributed by atoms with Crippen LogP contribution in [-0.2, 0) is 15.6 Å². The first kappa shape index (κ1) is 14.4. The minimum atomic E-state index is -4.39. The minimum Gasteiger partial charge on any atom is -0.480 e. The van der Waals surface area contributed by atoms with Crippen molar-refractivity contribution in [1.29, 1.82) is 0 Å². The van der Waals surface area contributed by atoms with Gasteiger partial charge < -0.3 is 5.11 Å². The molecule has 15 heavy (non-hydrogen) atoms. The van der Waals surface area contributed by atoms with Gasteiger partial charge >= 0.3 is 12.1 Å². The zero-order valence-corrected chi connectivity index (χ0v) is 9.19. The molecule has 0 heterocycles. The molecule has 0 radical (unpaired) electrons. The summed E-state index contributed by atoms with van der Waals surface area (Å²) in [5, 5.41) is 7.44. The van der Waals surface area contributed by atoms with Crippen molar-refractivity contribution in [1.82, 2.24) is 0 Å². The van der Waals surface area contributed by atoms with Crippen molar-refractivity contribution in [3.63, 3.8) is 0 Å². The van der Waals surface area contributed by atoms with Crippen LogP contribution in [-0.4, -0.2) is 32.5 Å². The van der Waals surface area contributed by atoms with Crippen LogP contribution >= 0.6 is 0 Å². The highest BCUT2D eigenvalue weighted by molar-refractivity contribution is 7.86. The Bertz CT molecular complexity index is 250. The summed E-state index contributed by atoms with van der Waals surface area (Å²) in [6, 6.07) is 0. The van der Waals surface area contributed by atoms with Gasteiger partial charge in [0.1, 0.15) is 5.25 Å². The summed E-state index contributed by atoms with van der Waals surface area (Å²) in [5.74, 6) is -2.42. The van der Waals surface area contributed by atoms with E-state index in [2.05, 4.69) is 0 Å². The van der Waals surface area contributed by atoms with E-state index in [1.54, 1.807) is 0 Å². The lowest BCUT2D eigenvalue weighted by atomic mass is 10.1. The van der Waals surface area contributed by atoms with Crippen molar-refractivity contribution in [3.8, 4) is 0 Å². The SMILES string of the molecule is CC(C)C(C(=O)O)S(=O)CCC(F)(F)F. The van der Waals surface area contributed by atoms with E-state index in [0.717, 1.165) is 0 Å². The van der Waals surface area contributed by atoms with Gasteiger partial charge in [0.25, 0.3) is 0 Å². The Morgan fingerprint density at radius 3 is 2.13 bits per heavy atom. The number of carboxylic acids is 1. The van der Waals surface area contributed by atoms with E-state index in [4.69, 9.17) is 5.11 Å². The number of hydrogen-bond donors (Lipinski definition) is 1. The molecule has 0 aliphatic rings. The summed E-state index contributed by atoms with van der Waals surface area (Å²) in [7, 11) is -1.98. The van der Waals surface area contributed by atoms with Crippen molar-refractivity contribution < 1.29 is 27.3 Å². The van der Waals surface area contributed by atoms with Gasteiger partial charge in [-0.15, -0.1) is 0 Å². The first-order valence-corrected chi connectivity index (χ1v) is 5.70. The van der Waals surface area contributed by atoms with Crippen LogP contribution in [0.4, 0.5) is 13.2 Å². The second kappa shape index (κ2) is 5.48. The van der Waals surface area contributed by atoms with Crippen LogP contribution in [0.25, 0.3) is 0 Å². The second-order valence-corrected chi connectivity index (χ2v) is 5.13. The molecule has 7 heteroatoms. The highest BCUT2D eigenvalue weighted by atomic mass is 32.2. The van der Waals surface area contributed by atoms with Gasteiger partial charge in [-0.2, -0.15) is 13.2 Å². The standard InChI is InChI=1S/C8H13F3O3S/c1-5(2)6(7(12)13)15(14)4-3-8(9,10)11/h5-6H,3-4H2,1-2H3,(H,12,13). The molecular weight excluding hydrogens is 233 g/mol. The number of carboxylic acid groups (broad SMARTS) is 1. The van der Waals surface area contributed by atoms with Crippen LogP contribution in [0.5, 0.6) is 0 Å². The minimum absolute atomic E-state index is 0.448. The Morgan fingerprint density at radius 1 is 1.40 bits per heavy atom. The third-order valence-electron chi connectivity index (χ3n) is 1.72. The van der Waals surface area contributed by atoms with E-state index in [1.165, 1.54) is 13.8 Å². The molecule has 90 valence electrons. The van der Waals surface area contributed by atoms with E-state index in [1.807, 2.05) is 0 Å². The fourth-order valence-corrected chi connectivity index (χ4v) is 2.56. The van der Waals surface area contributed by atoms with Crippen LogP contribution < -0.4 is 0 Å². The monoisotopic (exact) mass is 246 g/mol. The number of halogens is 3. The number of aliphatic carboxylic acids is 1. The summed E-state index contributed by atoms with van der Waals surface area (Å²) in [4.78, 5) is 10.6. The molecule has 0 amide bonds. The molecule has 0 fully saturated rings. The van der Waals surface area contributed by atoms with Gasteiger partial charge in [0.2, 0.25) is 0 Å². The molecule has 3 nitrogen and oxygen atoms in total. The van der Waals surface area contributed by atoms with Gasteiger partial charge in [-0.1, -0.05) is 13.8 Å². The first-order valence-electron chi connectivity index (χ1n) is 4.32. The lowest BCUT2D eigenvalue weighted by molar-refractivity contribution is -0.137. The zero-order chi connectivity index (χ0) is 12.2. The molecule has 0 aliphatic carbocycles. The number of rotatable bonds is 5. The molecule has 0 aliphatic heterocycles. The molecule has 0 bridgehead atoms. The quantitative estimate of drug-likeness (QED) is 0.804. The van der Waals surface area contributed by atoms with Crippen molar-refractivity contribution in [3.05, 3.63) is 0 Å². The maximum Gasteiger partial charge on any atom is 0.390 e. The fourth-order valence-electron chi connectivity index (χ4n) is 1.04. The zero-order valence-electron chi connectivity index (χ0n) is 8.37. The van der Waals surface area contributed by atoms with E-state index in [-0.39, 0.29) is 0 Å². The second-order valence-electron chi connectivity index (χ2n) is 3.45. The summed E-state index contributed by atoms with van der Waals surface area (Å²) in [6.45, 7) is 3.04. The maximum atomic E-state index is 11.8. The molecule has 2 unspecified atom stereocenters. The van der Waals surface area contributed by atoms with Gasteiger partial charge in [0.05, 0.1) is 6.42 Å². The van der Waals surface area contributed by atoms with Gasteiger partial charge in [-0.3, -0.25) is 9.00 Å². The van der Waals surface area contributed by atoms with Gasteiger partial charge in [0.15, 0.2) is 0 Å². The largest absolute Gasteiger partial charge is 0.480 e. The Morgan fingerprint density at radius 2 is 1.87 bits per heavy atom. The molecule has 2 atom stereocenters. The predicted molar refractivity (Wildman–Crippen MR) is 49.9 cm³/mol. The molecule has 0 aromatic heterocycles. The van der Waals surface area contributed by atoms with Crippen molar-refractivity contribution in [2.45, 2.75) is 31.7 Å². The molecular formula is C8H13F3O3S. The van der Waals surface area contributed by atoms with E-state index in [0.29, 0.717) is 0 Å². The van der Waals surface area contributed by atoms with Gasteiger partial charge in [-0.25, -0.2) is 0 Å². The van der Waals surface area contributed by atoms with Crippen molar-refractivity contribution in [2.75, 3.05) is 5.75 Å². The summed E-state index contributed by atoms with van der Waals surface area (Å²) < 4.78 is 46.7. The smallest absolute Gasteiger partial charge is 0.390 e. The summed E-state index contributed by atoms with van der Waals surface area (Å²) >= 11 is 0. The van der Waals surface area contributed by atoms with Crippen molar-refractivity contribution in [2.24, 2.45) is 5.92 Å². The lowest BCUT2D eigenvalue weighted by Gasteiger charge is -2.16. The lowest BCUT2D eigenvalue weighted by Crippen LogP contribution is -2.33. The molecule has 1 N–H and O–H groups in total. The number of carbonyl (C=O) groups is 1. The summed E-state index contributed by atoms with van der Waals surface area (Å²) in [6.07, 6.45) is -5.61. The van der Waals surface area contributed by atoms with Crippen LogP contribution in [0.15, 0.2) is 0 Å². The molecule has 0 aromatic rings. The first-order chi connectivity index (χ1) is 6.65. The molecule has 0 saturated carbocycles. The van der Waals surface area contributed by atoms with Crippen LogP contribution in [0, 0.1) is 5.92 Å². The average Bonchev–Trinajstić information content (AvgIpc) is 1.97. The van der Waals surface area contributed by atoms with Crippen molar-refractivity contribution >= 4 is 16.8 Å². The Labute approximate surface area is 88.1 Å². The molecule has 0 rings (SSSR count).